The first-order chi connectivity index (χ1) is 6.20. The SMILES string of the molecule is Nc1cc2c(cc1Cl)NC(C=O)N2. The first kappa shape index (κ1) is 8.19. The van der Waals surface area contributed by atoms with Crippen molar-refractivity contribution in [2.75, 3.05) is 16.4 Å². The highest BCUT2D eigenvalue weighted by Crippen LogP contribution is 2.34. The molecule has 4 nitrogen and oxygen atoms in total. The zero-order valence-electron chi connectivity index (χ0n) is 6.67. The standard InChI is InChI=1S/C8H8ClN3O/c9-4-1-6-7(2-5(4)10)12-8(3-13)11-6/h1-3,8,11-12H,10H2. The minimum absolute atomic E-state index is 0.382. The highest BCUT2D eigenvalue weighted by atomic mass is 35.5. The number of rotatable bonds is 1. The second kappa shape index (κ2) is 2.81. The fraction of sp³-hybridized carbons (Fsp3) is 0.125. The second-order valence-corrected chi connectivity index (χ2v) is 3.23. The molecule has 1 aromatic carbocycles. The fourth-order valence-corrected chi connectivity index (χ4v) is 1.43. The van der Waals surface area contributed by atoms with Crippen LogP contribution in [0.15, 0.2) is 12.1 Å². The number of aldehydes is 1. The van der Waals surface area contributed by atoms with Crippen LogP contribution in [0.4, 0.5) is 17.1 Å². The molecule has 0 amide bonds. The number of nitrogens with two attached hydrogens (primary N) is 1. The number of anilines is 3. The Morgan fingerprint density at radius 2 is 2.00 bits per heavy atom. The van der Waals surface area contributed by atoms with Crippen LogP contribution < -0.4 is 16.4 Å². The van der Waals surface area contributed by atoms with Crippen LogP contribution in [0.25, 0.3) is 0 Å². The van der Waals surface area contributed by atoms with E-state index in [0.717, 1.165) is 17.7 Å². The number of carbonyl (C=O) groups excluding carboxylic acids is 1. The van der Waals surface area contributed by atoms with Crippen LogP contribution in [-0.2, 0) is 4.79 Å². The summed E-state index contributed by atoms with van der Waals surface area (Å²) in [6, 6.07) is 3.40. The van der Waals surface area contributed by atoms with Gasteiger partial charge in [0.1, 0.15) is 0 Å². The van der Waals surface area contributed by atoms with Gasteiger partial charge >= 0.3 is 0 Å². The maximum absolute atomic E-state index is 10.5. The monoisotopic (exact) mass is 197 g/mol. The molecule has 1 aromatic rings. The summed E-state index contributed by atoms with van der Waals surface area (Å²) >= 11 is 5.80. The topological polar surface area (TPSA) is 67.1 Å². The van der Waals surface area contributed by atoms with E-state index < -0.39 is 0 Å². The quantitative estimate of drug-likeness (QED) is 0.469. The van der Waals surface area contributed by atoms with Gasteiger partial charge in [-0.3, -0.25) is 4.79 Å². The van der Waals surface area contributed by atoms with Gasteiger partial charge < -0.3 is 16.4 Å². The summed E-state index contributed by atoms with van der Waals surface area (Å²) in [6.07, 6.45) is 0.400. The van der Waals surface area contributed by atoms with Gasteiger partial charge in [0.2, 0.25) is 0 Å². The van der Waals surface area contributed by atoms with Crippen molar-refractivity contribution < 1.29 is 4.79 Å². The third-order valence-corrected chi connectivity index (χ3v) is 2.22. The van der Waals surface area contributed by atoms with Crippen molar-refractivity contribution in [3.63, 3.8) is 0 Å². The van der Waals surface area contributed by atoms with Crippen LogP contribution in [0, 0.1) is 0 Å². The van der Waals surface area contributed by atoms with Gasteiger partial charge in [0.05, 0.1) is 22.1 Å². The number of nitrogen functional groups attached to an aromatic ring is 1. The molecule has 0 spiro atoms. The molecule has 1 aliphatic rings. The predicted octanol–water partition coefficient (Wildman–Crippen LogP) is 1.28. The van der Waals surface area contributed by atoms with Gasteiger partial charge in [-0.25, -0.2) is 0 Å². The zero-order valence-corrected chi connectivity index (χ0v) is 7.43. The van der Waals surface area contributed by atoms with E-state index in [9.17, 15) is 4.79 Å². The second-order valence-electron chi connectivity index (χ2n) is 2.82. The molecule has 0 aromatic heterocycles. The van der Waals surface area contributed by atoms with Gasteiger partial charge in [-0.2, -0.15) is 0 Å². The van der Waals surface area contributed by atoms with E-state index in [1.54, 1.807) is 12.1 Å². The van der Waals surface area contributed by atoms with Crippen LogP contribution in [-0.4, -0.2) is 12.5 Å². The van der Waals surface area contributed by atoms with E-state index in [0.29, 0.717) is 10.7 Å². The first-order valence-electron chi connectivity index (χ1n) is 3.78. The number of carbonyl (C=O) groups is 1. The molecule has 0 radical (unpaired) electrons. The van der Waals surface area contributed by atoms with Crippen molar-refractivity contribution in [1.82, 2.24) is 0 Å². The maximum atomic E-state index is 10.5. The lowest BCUT2D eigenvalue weighted by atomic mass is 10.2. The van der Waals surface area contributed by atoms with Crippen LogP contribution >= 0.6 is 11.6 Å². The van der Waals surface area contributed by atoms with E-state index in [4.69, 9.17) is 17.3 Å². The number of fused-ring (bicyclic) bond motifs is 1. The molecule has 5 heteroatoms. The average molecular weight is 198 g/mol. The van der Waals surface area contributed by atoms with Crippen molar-refractivity contribution in [2.24, 2.45) is 0 Å². The lowest BCUT2D eigenvalue weighted by molar-refractivity contribution is -0.107. The zero-order chi connectivity index (χ0) is 9.42. The van der Waals surface area contributed by atoms with Gasteiger partial charge in [0.25, 0.3) is 0 Å². The third-order valence-electron chi connectivity index (χ3n) is 1.89. The summed E-state index contributed by atoms with van der Waals surface area (Å²) in [4.78, 5) is 10.5. The van der Waals surface area contributed by atoms with Gasteiger partial charge in [-0.15, -0.1) is 0 Å². The van der Waals surface area contributed by atoms with Crippen molar-refractivity contribution in [3.8, 4) is 0 Å². The van der Waals surface area contributed by atoms with Crippen LogP contribution in [0.2, 0.25) is 5.02 Å². The molecule has 2 rings (SSSR count). The molecule has 4 N–H and O–H groups in total. The maximum Gasteiger partial charge on any atom is 0.162 e. The van der Waals surface area contributed by atoms with Crippen LogP contribution in [0.5, 0.6) is 0 Å². The molecule has 1 aliphatic heterocycles. The normalized spacial score (nSPS) is 18.7. The Morgan fingerprint density at radius 3 is 2.62 bits per heavy atom. The van der Waals surface area contributed by atoms with Crippen molar-refractivity contribution in [2.45, 2.75) is 6.17 Å². The molecule has 0 saturated carbocycles. The molecule has 1 heterocycles. The molecular formula is C8H8ClN3O. The molecule has 13 heavy (non-hydrogen) atoms. The van der Waals surface area contributed by atoms with Crippen molar-refractivity contribution in [3.05, 3.63) is 17.2 Å². The van der Waals surface area contributed by atoms with E-state index >= 15 is 0 Å². The summed E-state index contributed by atoms with van der Waals surface area (Å²) in [5.74, 6) is 0. The highest BCUT2D eigenvalue weighted by Gasteiger charge is 2.19. The number of hydrogen-bond acceptors (Lipinski definition) is 4. The molecule has 0 bridgehead atoms. The minimum atomic E-state index is -0.382. The minimum Gasteiger partial charge on any atom is -0.397 e. The Morgan fingerprint density at radius 1 is 1.38 bits per heavy atom. The Balaban J connectivity index is 2.41. The summed E-state index contributed by atoms with van der Waals surface area (Å²) in [7, 11) is 0. The molecular weight excluding hydrogens is 190 g/mol. The highest BCUT2D eigenvalue weighted by molar-refractivity contribution is 6.33. The van der Waals surface area contributed by atoms with E-state index in [1.807, 2.05) is 0 Å². The van der Waals surface area contributed by atoms with Crippen LogP contribution in [0.3, 0.4) is 0 Å². The summed E-state index contributed by atoms with van der Waals surface area (Å²) in [6.45, 7) is 0. The van der Waals surface area contributed by atoms with Gasteiger partial charge in [-0.05, 0) is 12.1 Å². The Labute approximate surface area is 80.1 Å². The predicted molar refractivity (Wildman–Crippen MR) is 53.0 cm³/mol. The van der Waals surface area contributed by atoms with E-state index in [1.165, 1.54) is 0 Å². The van der Waals surface area contributed by atoms with Gasteiger partial charge in [-0.1, -0.05) is 11.6 Å². The van der Waals surface area contributed by atoms with Crippen molar-refractivity contribution in [1.29, 1.82) is 0 Å². The smallest absolute Gasteiger partial charge is 0.162 e. The lowest BCUT2D eigenvalue weighted by Crippen LogP contribution is -2.22. The summed E-state index contributed by atoms with van der Waals surface area (Å²) in [5, 5.41) is 6.35. The Hall–Kier alpha value is -1.42. The van der Waals surface area contributed by atoms with E-state index in [-0.39, 0.29) is 6.17 Å². The Kier molecular flexibility index (Phi) is 1.77. The fourth-order valence-electron chi connectivity index (χ4n) is 1.27. The average Bonchev–Trinajstić information content (AvgIpc) is 2.48. The van der Waals surface area contributed by atoms with Gasteiger partial charge in [0.15, 0.2) is 12.5 Å². The summed E-state index contributed by atoms with van der Waals surface area (Å²) in [5.41, 5.74) is 7.70. The number of nitrogens with one attached hydrogen (secondary N) is 2. The molecule has 68 valence electrons. The first-order valence-corrected chi connectivity index (χ1v) is 4.16. The van der Waals surface area contributed by atoms with Gasteiger partial charge in [0, 0.05) is 0 Å². The largest absolute Gasteiger partial charge is 0.397 e. The third kappa shape index (κ3) is 1.29. The molecule has 0 saturated heterocycles. The number of hydrogen-bond donors (Lipinski definition) is 3. The van der Waals surface area contributed by atoms with E-state index in [2.05, 4.69) is 10.6 Å². The number of halogens is 1. The summed E-state index contributed by atoms with van der Waals surface area (Å²) < 4.78 is 0. The molecule has 0 aliphatic carbocycles. The molecule has 1 atom stereocenters. The Bertz CT molecular complexity index is 336. The number of benzene rings is 1. The molecule has 0 fully saturated rings. The molecule has 1 unspecified atom stereocenters. The van der Waals surface area contributed by atoms with Crippen LogP contribution in [0.1, 0.15) is 0 Å². The van der Waals surface area contributed by atoms with Crippen molar-refractivity contribution >= 4 is 34.9 Å². The lowest BCUT2D eigenvalue weighted by Gasteiger charge is -2.01.